The van der Waals surface area contributed by atoms with Gasteiger partial charge in [0.1, 0.15) is 5.84 Å². The van der Waals surface area contributed by atoms with E-state index in [1.165, 1.54) is 9.80 Å². The molecule has 0 aliphatic carbocycles. The van der Waals surface area contributed by atoms with Gasteiger partial charge >= 0.3 is 5.97 Å². The highest BCUT2D eigenvalue weighted by Crippen LogP contribution is 2.39. The van der Waals surface area contributed by atoms with Crippen LogP contribution in [-0.4, -0.2) is 60.3 Å². The molecule has 0 radical (unpaired) electrons. The minimum Gasteiger partial charge on any atom is -0.490 e. The van der Waals surface area contributed by atoms with Gasteiger partial charge < -0.3 is 24.4 Å². The molecule has 1 aliphatic rings. The Kier molecular flexibility index (Phi) is 8.99. The summed E-state index contributed by atoms with van der Waals surface area (Å²) in [5.41, 5.74) is 1.94. The summed E-state index contributed by atoms with van der Waals surface area (Å²) in [6, 6.07) is 6.68. The molecule has 210 valence electrons. The van der Waals surface area contributed by atoms with Crippen molar-refractivity contribution in [2.75, 3.05) is 31.7 Å². The van der Waals surface area contributed by atoms with Crippen LogP contribution in [0.25, 0.3) is 0 Å². The lowest BCUT2D eigenvalue weighted by atomic mass is 9.84. The number of hydrogen-bond donors (Lipinski definition) is 2. The van der Waals surface area contributed by atoms with Gasteiger partial charge in [0.2, 0.25) is 5.91 Å². The monoisotopic (exact) mass is 541 g/mol. The smallest absolute Gasteiger partial charge is 0.303 e. The zero-order valence-electron chi connectivity index (χ0n) is 23.3. The number of anilines is 1. The number of ether oxygens (including phenoxy) is 2. The summed E-state index contributed by atoms with van der Waals surface area (Å²) >= 11 is 0. The third-order valence-corrected chi connectivity index (χ3v) is 6.52. The molecule has 2 aromatic carbocycles. The molecular formula is C29H36FN3O6. The molecule has 10 heteroatoms. The van der Waals surface area contributed by atoms with Crippen LogP contribution in [-0.2, 0) is 21.5 Å². The van der Waals surface area contributed by atoms with E-state index in [0.29, 0.717) is 23.4 Å². The van der Waals surface area contributed by atoms with Gasteiger partial charge in [0.25, 0.3) is 0 Å². The van der Waals surface area contributed by atoms with Gasteiger partial charge in [0, 0.05) is 31.3 Å². The molecule has 3 rings (SSSR count). The minimum atomic E-state index is -1.05. The standard InChI is InChI=1S/C29H36FN3O6/c1-7-38-22-14-18-15-33(28(31)25(18)26(30)27(22)39-8-2)16-21(34)17-9-10-20(19(13-17)29(3,4)5)32(6)23(35)11-12-24(36)37/h9-10,13-14,31H,7-8,11-12,15-16H2,1-6H3,(H,36,37). The number of nitrogens with one attached hydrogen (secondary N) is 1. The maximum Gasteiger partial charge on any atom is 0.303 e. The number of carbonyl (C=O) groups excluding carboxylic acids is 2. The van der Waals surface area contributed by atoms with Crippen molar-refractivity contribution in [3.63, 3.8) is 0 Å². The van der Waals surface area contributed by atoms with Crippen LogP contribution >= 0.6 is 0 Å². The van der Waals surface area contributed by atoms with Crippen molar-refractivity contribution < 1.29 is 33.4 Å². The summed E-state index contributed by atoms with van der Waals surface area (Å²) in [6.07, 6.45) is -0.409. The van der Waals surface area contributed by atoms with Crippen LogP contribution in [0, 0.1) is 11.2 Å². The molecule has 0 saturated carbocycles. The summed E-state index contributed by atoms with van der Waals surface area (Å²) in [5, 5.41) is 17.5. The third-order valence-electron chi connectivity index (χ3n) is 6.52. The number of benzene rings is 2. The first-order valence-corrected chi connectivity index (χ1v) is 12.9. The second kappa shape index (κ2) is 11.8. The number of carboxylic acid groups (broad SMARTS) is 1. The lowest BCUT2D eigenvalue weighted by molar-refractivity contribution is -0.138. The average Bonchev–Trinajstić information content (AvgIpc) is 3.18. The highest BCUT2D eigenvalue weighted by atomic mass is 19.1. The van der Waals surface area contributed by atoms with Gasteiger partial charge in [-0.25, -0.2) is 4.39 Å². The van der Waals surface area contributed by atoms with Crippen molar-refractivity contribution in [2.45, 2.75) is 59.4 Å². The van der Waals surface area contributed by atoms with Gasteiger partial charge in [-0.15, -0.1) is 0 Å². The Morgan fingerprint density at radius 2 is 1.77 bits per heavy atom. The highest BCUT2D eigenvalue weighted by Gasteiger charge is 2.33. The largest absolute Gasteiger partial charge is 0.490 e. The van der Waals surface area contributed by atoms with E-state index in [1.54, 1.807) is 45.2 Å². The quantitative estimate of drug-likeness (QED) is 0.393. The van der Waals surface area contributed by atoms with E-state index in [0.717, 1.165) is 5.56 Å². The van der Waals surface area contributed by atoms with Crippen LogP contribution in [0.5, 0.6) is 11.5 Å². The van der Waals surface area contributed by atoms with Crippen LogP contribution < -0.4 is 14.4 Å². The maximum atomic E-state index is 15.4. The van der Waals surface area contributed by atoms with E-state index < -0.39 is 17.2 Å². The molecule has 1 heterocycles. The Hall–Kier alpha value is -3.95. The first kappa shape index (κ1) is 29.6. The Balaban J connectivity index is 1.87. The number of halogens is 1. The molecule has 1 amide bonds. The van der Waals surface area contributed by atoms with Crippen LogP contribution in [0.3, 0.4) is 0 Å². The van der Waals surface area contributed by atoms with E-state index >= 15 is 4.39 Å². The number of nitrogens with zero attached hydrogens (tertiary/aromatic N) is 2. The Morgan fingerprint density at radius 3 is 2.36 bits per heavy atom. The Morgan fingerprint density at radius 1 is 1.10 bits per heavy atom. The molecule has 9 nitrogen and oxygen atoms in total. The number of hydrogen-bond acceptors (Lipinski definition) is 6. The van der Waals surface area contributed by atoms with Crippen molar-refractivity contribution in [1.82, 2.24) is 4.90 Å². The molecule has 2 N–H and O–H groups in total. The second-order valence-corrected chi connectivity index (χ2v) is 10.4. The zero-order valence-corrected chi connectivity index (χ0v) is 23.3. The summed E-state index contributed by atoms with van der Waals surface area (Å²) in [5.74, 6) is -2.20. The van der Waals surface area contributed by atoms with Crippen molar-refractivity contribution in [2.24, 2.45) is 0 Å². The van der Waals surface area contributed by atoms with Crippen molar-refractivity contribution >= 4 is 29.2 Å². The Bertz CT molecular complexity index is 1300. The fourth-order valence-corrected chi connectivity index (χ4v) is 4.54. The van der Waals surface area contributed by atoms with E-state index in [9.17, 15) is 14.4 Å². The lowest BCUT2D eigenvalue weighted by Crippen LogP contribution is -2.31. The first-order valence-electron chi connectivity index (χ1n) is 12.9. The van der Waals surface area contributed by atoms with Gasteiger partial charge in [-0.05, 0) is 54.7 Å². The molecule has 39 heavy (non-hydrogen) atoms. The first-order chi connectivity index (χ1) is 18.3. The number of rotatable bonds is 11. The predicted molar refractivity (Wildman–Crippen MR) is 146 cm³/mol. The van der Waals surface area contributed by atoms with Gasteiger partial charge in [0.05, 0.1) is 31.7 Å². The van der Waals surface area contributed by atoms with E-state index in [-0.39, 0.29) is 67.1 Å². The topological polar surface area (TPSA) is 120 Å². The van der Waals surface area contributed by atoms with Crippen LogP contribution in [0.15, 0.2) is 24.3 Å². The number of ketones is 1. The van der Waals surface area contributed by atoms with E-state index in [2.05, 4.69) is 0 Å². The Labute approximate surface area is 228 Å². The molecule has 0 fully saturated rings. The number of carboxylic acids is 1. The molecule has 2 aromatic rings. The molecule has 0 unspecified atom stereocenters. The van der Waals surface area contributed by atoms with Crippen molar-refractivity contribution in [3.05, 3.63) is 52.3 Å². The van der Waals surface area contributed by atoms with E-state index in [1.807, 2.05) is 20.8 Å². The van der Waals surface area contributed by atoms with E-state index in [4.69, 9.17) is 20.0 Å². The zero-order chi connectivity index (χ0) is 29.1. The summed E-state index contributed by atoms with van der Waals surface area (Å²) in [7, 11) is 1.58. The SMILES string of the molecule is CCOc1cc2c(c(F)c1OCC)C(=N)N(CC(=O)c1ccc(N(C)C(=O)CCC(=O)O)c(C(C)(C)C)c1)C2. The summed E-state index contributed by atoms with van der Waals surface area (Å²) in [6.45, 7) is 9.98. The van der Waals surface area contributed by atoms with Gasteiger partial charge in [-0.2, -0.15) is 0 Å². The number of Topliss-reactive ketones (excluding diaryl/α,β-unsaturated/α-hetero) is 1. The van der Waals surface area contributed by atoms with Crippen molar-refractivity contribution in [3.8, 4) is 11.5 Å². The van der Waals surface area contributed by atoms with Crippen LogP contribution in [0.1, 0.15) is 74.5 Å². The average molecular weight is 542 g/mol. The molecule has 0 saturated heterocycles. The van der Waals surface area contributed by atoms with Gasteiger partial charge in [-0.1, -0.05) is 20.8 Å². The normalized spacial score (nSPS) is 12.8. The molecule has 0 spiro atoms. The second-order valence-electron chi connectivity index (χ2n) is 10.4. The van der Waals surface area contributed by atoms with Crippen LogP contribution in [0.4, 0.5) is 10.1 Å². The molecule has 0 atom stereocenters. The predicted octanol–water partition coefficient (Wildman–Crippen LogP) is 4.77. The molecule has 0 bridgehead atoms. The number of fused-ring (bicyclic) bond motifs is 1. The highest BCUT2D eigenvalue weighted by molar-refractivity contribution is 6.06. The fourth-order valence-electron chi connectivity index (χ4n) is 4.54. The maximum absolute atomic E-state index is 15.4. The fraction of sp³-hybridized carbons (Fsp3) is 0.448. The van der Waals surface area contributed by atoms with Gasteiger partial charge in [-0.3, -0.25) is 19.8 Å². The molecule has 0 aromatic heterocycles. The summed E-state index contributed by atoms with van der Waals surface area (Å²) < 4.78 is 26.4. The summed E-state index contributed by atoms with van der Waals surface area (Å²) in [4.78, 5) is 39.8. The lowest BCUT2D eigenvalue weighted by Gasteiger charge is -2.28. The third kappa shape index (κ3) is 6.38. The van der Waals surface area contributed by atoms with Crippen LogP contribution in [0.2, 0.25) is 0 Å². The molecular weight excluding hydrogens is 505 g/mol. The number of aliphatic carboxylic acids is 1. The number of carbonyl (C=O) groups is 3. The van der Waals surface area contributed by atoms with Crippen molar-refractivity contribution in [1.29, 1.82) is 5.41 Å². The van der Waals surface area contributed by atoms with Gasteiger partial charge in [0.15, 0.2) is 23.1 Å². The molecule has 1 aliphatic heterocycles. The number of amides is 1. The number of amidine groups is 1. The minimum absolute atomic E-state index is 0.0385.